The van der Waals surface area contributed by atoms with Crippen LogP contribution in [-0.2, 0) is 13.5 Å². The summed E-state index contributed by atoms with van der Waals surface area (Å²) in [4.78, 5) is 30.4. The average molecular weight is 455 g/mol. The topological polar surface area (TPSA) is 145 Å². The molecule has 1 aromatic carbocycles. The minimum atomic E-state index is -0.340. The third-order valence-electron chi connectivity index (χ3n) is 4.35. The van der Waals surface area contributed by atoms with Crippen molar-refractivity contribution in [3.05, 3.63) is 45.2 Å². The maximum atomic E-state index is 12.9. The van der Waals surface area contributed by atoms with E-state index < -0.39 is 0 Å². The Morgan fingerprint density at radius 3 is 2.12 bits per heavy atom. The molecule has 166 valence electrons. The highest BCUT2D eigenvalue weighted by atomic mass is 35.5. The largest absolute Gasteiger partial charge is 0.354 e. The number of hydrogen-bond donors (Lipinski definition) is 4. The number of nitrogens with one attached hydrogen (secondary N) is 4. The molecule has 2 heterocycles. The van der Waals surface area contributed by atoms with Gasteiger partial charge in [-0.15, -0.1) is 0 Å². The highest BCUT2D eigenvalue weighted by Crippen LogP contribution is 2.23. The fraction of sp³-hybridized carbons (Fsp3) is 0.300. The van der Waals surface area contributed by atoms with Crippen molar-refractivity contribution in [1.29, 1.82) is 5.26 Å². The third kappa shape index (κ3) is 5.22. The van der Waals surface area contributed by atoms with E-state index in [2.05, 4.69) is 41.4 Å². The number of aromatic nitrogens is 5. The van der Waals surface area contributed by atoms with Gasteiger partial charge in [0.05, 0.1) is 23.7 Å². The summed E-state index contributed by atoms with van der Waals surface area (Å²) in [5.41, 5.74) is 6.77. The minimum Gasteiger partial charge on any atom is -0.354 e. The van der Waals surface area contributed by atoms with Gasteiger partial charge >= 0.3 is 0 Å². The molecule has 4 N–H and O–H groups in total. The van der Waals surface area contributed by atoms with E-state index in [0.29, 0.717) is 46.8 Å². The molecule has 0 saturated heterocycles. The Balaban J connectivity index is 1.97. The molecule has 0 aliphatic carbocycles. The third-order valence-corrected chi connectivity index (χ3v) is 4.60. The van der Waals surface area contributed by atoms with E-state index in [9.17, 15) is 10.1 Å². The summed E-state index contributed by atoms with van der Waals surface area (Å²) in [7, 11) is 1.56. The first-order valence-corrected chi connectivity index (χ1v) is 10.3. The van der Waals surface area contributed by atoms with E-state index in [0.717, 1.165) is 0 Å². The number of benzene rings is 1. The first-order valence-electron chi connectivity index (χ1n) is 9.95. The SMILES string of the molecule is CCNc1nc(NCC)nc(NNc2nc(-c3ccc(Cl)cc3)c(CC#N)c(=O)n2C)n1. The second-order valence-corrected chi connectivity index (χ2v) is 7.02. The Hall–Kier alpha value is -3.91. The van der Waals surface area contributed by atoms with Crippen molar-refractivity contribution in [2.75, 3.05) is 34.6 Å². The molecule has 0 atom stereocenters. The molecule has 0 radical (unpaired) electrons. The molecule has 0 fully saturated rings. The molecular formula is C20H23ClN10O. The monoisotopic (exact) mass is 454 g/mol. The lowest BCUT2D eigenvalue weighted by Crippen LogP contribution is -2.28. The van der Waals surface area contributed by atoms with Crippen LogP contribution in [0.3, 0.4) is 0 Å². The van der Waals surface area contributed by atoms with E-state index in [1.165, 1.54) is 4.57 Å². The molecule has 0 aliphatic rings. The lowest BCUT2D eigenvalue weighted by atomic mass is 10.1. The van der Waals surface area contributed by atoms with Crippen molar-refractivity contribution in [2.45, 2.75) is 20.3 Å². The quantitative estimate of drug-likeness (QED) is 0.356. The summed E-state index contributed by atoms with van der Waals surface area (Å²) in [6.45, 7) is 5.15. The molecule has 2 aromatic heterocycles. The number of halogens is 1. The second kappa shape index (κ2) is 10.4. The van der Waals surface area contributed by atoms with Gasteiger partial charge in [0, 0.05) is 30.7 Å². The van der Waals surface area contributed by atoms with Crippen LogP contribution in [0.25, 0.3) is 11.3 Å². The van der Waals surface area contributed by atoms with Crippen molar-refractivity contribution in [3.8, 4) is 17.3 Å². The van der Waals surface area contributed by atoms with Gasteiger partial charge < -0.3 is 10.6 Å². The Kier molecular flexibility index (Phi) is 7.41. The summed E-state index contributed by atoms with van der Waals surface area (Å²) in [5, 5.41) is 15.8. The van der Waals surface area contributed by atoms with Gasteiger partial charge in [0.2, 0.25) is 23.8 Å². The standard InChI is InChI=1S/C20H23ClN10O/c1-4-23-17-26-18(24-5-2)28-19(27-17)29-30-20-25-15(12-6-8-13(21)9-7-12)14(10-11-22)16(32)31(20)3/h6-9H,4-5,10H2,1-3H3,(H,25,30)(H3,23,24,26,27,28,29). The van der Waals surface area contributed by atoms with Crippen LogP contribution in [0.15, 0.2) is 29.1 Å². The van der Waals surface area contributed by atoms with Crippen LogP contribution in [0.4, 0.5) is 23.8 Å². The molecule has 0 amide bonds. The van der Waals surface area contributed by atoms with Crippen LogP contribution in [0.1, 0.15) is 19.4 Å². The fourth-order valence-electron chi connectivity index (χ4n) is 2.86. The van der Waals surface area contributed by atoms with Crippen LogP contribution in [-0.4, -0.2) is 37.6 Å². The summed E-state index contributed by atoms with van der Waals surface area (Å²) in [6.07, 6.45) is -0.0725. The Morgan fingerprint density at radius 2 is 1.56 bits per heavy atom. The van der Waals surface area contributed by atoms with E-state index in [4.69, 9.17) is 11.6 Å². The zero-order valence-corrected chi connectivity index (χ0v) is 18.7. The van der Waals surface area contributed by atoms with Gasteiger partial charge in [0.1, 0.15) is 0 Å². The molecule has 3 rings (SSSR count). The molecule has 11 nitrogen and oxygen atoms in total. The number of anilines is 4. The summed E-state index contributed by atoms with van der Waals surface area (Å²) in [6, 6.07) is 8.93. The van der Waals surface area contributed by atoms with Crippen molar-refractivity contribution < 1.29 is 0 Å². The van der Waals surface area contributed by atoms with Gasteiger partial charge in [-0.05, 0) is 26.0 Å². The molecule has 3 aromatic rings. The molecule has 0 saturated carbocycles. The molecule has 32 heavy (non-hydrogen) atoms. The van der Waals surface area contributed by atoms with Crippen molar-refractivity contribution in [1.82, 2.24) is 24.5 Å². The molecule has 0 spiro atoms. The second-order valence-electron chi connectivity index (χ2n) is 6.59. The molecule has 0 unspecified atom stereocenters. The molecular weight excluding hydrogens is 432 g/mol. The summed E-state index contributed by atoms with van der Waals surface area (Å²) < 4.78 is 1.32. The number of nitrogens with zero attached hydrogens (tertiary/aromatic N) is 6. The maximum Gasteiger partial charge on any atom is 0.259 e. The van der Waals surface area contributed by atoms with Crippen molar-refractivity contribution >= 4 is 35.4 Å². The van der Waals surface area contributed by atoms with Crippen LogP contribution >= 0.6 is 11.6 Å². The number of hydrazine groups is 1. The van der Waals surface area contributed by atoms with Gasteiger partial charge in [-0.3, -0.25) is 20.2 Å². The van der Waals surface area contributed by atoms with E-state index >= 15 is 0 Å². The Morgan fingerprint density at radius 1 is 0.969 bits per heavy atom. The lowest BCUT2D eigenvalue weighted by Gasteiger charge is -2.16. The zero-order chi connectivity index (χ0) is 23.1. The van der Waals surface area contributed by atoms with Gasteiger partial charge in [-0.1, -0.05) is 23.7 Å². The van der Waals surface area contributed by atoms with Gasteiger partial charge in [-0.25, -0.2) is 4.98 Å². The number of rotatable bonds is 9. The summed E-state index contributed by atoms with van der Waals surface area (Å²) in [5.74, 6) is 1.25. The van der Waals surface area contributed by atoms with Crippen LogP contribution in [0, 0.1) is 11.3 Å². The highest BCUT2D eigenvalue weighted by molar-refractivity contribution is 6.30. The van der Waals surface area contributed by atoms with E-state index in [1.807, 2.05) is 19.9 Å². The van der Waals surface area contributed by atoms with Gasteiger partial charge in [-0.2, -0.15) is 20.2 Å². The van der Waals surface area contributed by atoms with Crippen molar-refractivity contribution in [3.63, 3.8) is 0 Å². The lowest BCUT2D eigenvalue weighted by molar-refractivity contribution is 0.816. The predicted octanol–water partition coefficient (Wildman–Crippen LogP) is 2.65. The molecule has 12 heteroatoms. The van der Waals surface area contributed by atoms with E-state index in [1.54, 1.807) is 31.3 Å². The Labute approximate surface area is 189 Å². The zero-order valence-electron chi connectivity index (χ0n) is 17.9. The first-order chi connectivity index (χ1) is 15.5. The van der Waals surface area contributed by atoms with Crippen LogP contribution in [0.2, 0.25) is 5.02 Å². The smallest absolute Gasteiger partial charge is 0.259 e. The number of nitriles is 1. The van der Waals surface area contributed by atoms with Crippen LogP contribution in [0.5, 0.6) is 0 Å². The van der Waals surface area contributed by atoms with Crippen LogP contribution < -0.4 is 27.0 Å². The van der Waals surface area contributed by atoms with E-state index in [-0.39, 0.29) is 23.9 Å². The van der Waals surface area contributed by atoms with Crippen molar-refractivity contribution in [2.24, 2.45) is 7.05 Å². The predicted molar refractivity (Wildman–Crippen MR) is 125 cm³/mol. The first kappa shape index (κ1) is 22.8. The van der Waals surface area contributed by atoms with Gasteiger partial charge in [0.25, 0.3) is 5.56 Å². The Bertz CT molecular complexity index is 1160. The molecule has 0 bridgehead atoms. The fourth-order valence-corrected chi connectivity index (χ4v) is 2.99. The maximum absolute atomic E-state index is 12.9. The van der Waals surface area contributed by atoms with Gasteiger partial charge in [0.15, 0.2) is 0 Å². The highest BCUT2D eigenvalue weighted by Gasteiger charge is 2.17. The summed E-state index contributed by atoms with van der Waals surface area (Å²) >= 11 is 5.99. The average Bonchev–Trinajstić information content (AvgIpc) is 2.78. The number of hydrogen-bond acceptors (Lipinski definition) is 10. The minimum absolute atomic E-state index is 0.0725. The normalized spacial score (nSPS) is 10.3. The molecule has 0 aliphatic heterocycles.